The van der Waals surface area contributed by atoms with E-state index in [1.165, 1.54) is 0 Å². The van der Waals surface area contributed by atoms with Crippen molar-refractivity contribution in [3.8, 4) is 0 Å². The molecule has 0 spiro atoms. The standard InChI is InChI=1S/C16H14INO3/c17-13-5-1-11(2-6-13)15(19)18-14-7-3-12(4-8-14)16-20-9-10-21-16/h1-8,16H,9-10H2,(H,18,19). The molecule has 0 atom stereocenters. The topological polar surface area (TPSA) is 47.6 Å². The fourth-order valence-corrected chi connectivity index (χ4v) is 2.44. The summed E-state index contributed by atoms with van der Waals surface area (Å²) in [7, 11) is 0. The van der Waals surface area contributed by atoms with Gasteiger partial charge in [-0.15, -0.1) is 0 Å². The minimum Gasteiger partial charge on any atom is -0.346 e. The maximum absolute atomic E-state index is 12.1. The van der Waals surface area contributed by atoms with E-state index in [-0.39, 0.29) is 12.2 Å². The molecule has 1 N–H and O–H groups in total. The lowest BCUT2D eigenvalue weighted by Gasteiger charge is -2.10. The zero-order chi connectivity index (χ0) is 14.7. The summed E-state index contributed by atoms with van der Waals surface area (Å²) in [6.07, 6.45) is -0.286. The molecule has 1 saturated heterocycles. The fourth-order valence-electron chi connectivity index (χ4n) is 2.08. The molecule has 0 unspecified atom stereocenters. The Bertz CT molecular complexity index is 619. The Balaban J connectivity index is 1.67. The van der Waals surface area contributed by atoms with E-state index in [2.05, 4.69) is 27.9 Å². The van der Waals surface area contributed by atoms with Crippen molar-refractivity contribution >= 4 is 34.2 Å². The van der Waals surface area contributed by atoms with Gasteiger partial charge in [0.2, 0.25) is 0 Å². The Morgan fingerprint density at radius 1 is 1.00 bits per heavy atom. The van der Waals surface area contributed by atoms with Crippen LogP contribution in [0, 0.1) is 3.57 Å². The lowest BCUT2D eigenvalue weighted by molar-refractivity contribution is -0.0441. The zero-order valence-electron chi connectivity index (χ0n) is 11.2. The first kappa shape index (κ1) is 14.5. The number of nitrogens with one attached hydrogen (secondary N) is 1. The number of halogens is 1. The first-order valence-electron chi connectivity index (χ1n) is 6.62. The molecule has 2 aromatic rings. The van der Waals surface area contributed by atoms with Crippen molar-refractivity contribution in [1.82, 2.24) is 0 Å². The summed E-state index contributed by atoms with van der Waals surface area (Å²) in [5, 5.41) is 2.87. The number of carbonyl (C=O) groups is 1. The summed E-state index contributed by atoms with van der Waals surface area (Å²) in [4.78, 5) is 12.1. The average Bonchev–Trinajstić information content (AvgIpc) is 3.03. The molecule has 0 saturated carbocycles. The lowest BCUT2D eigenvalue weighted by Crippen LogP contribution is -2.11. The Morgan fingerprint density at radius 3 is 2.24 bits per heavy atom. The molecule has 21 heavy (non-hydrogen) atoms. The van der Waals surface area contributed by atoms with Gasteiger partial charge < -0.3 is 14.8 Å². The summed E-state index contributed by atoms with van der Waals surface area (Å²) in [6, 6.07) is 15.0. The molecule has 1 amide bonds. The maximum Gasteiger partial charge on any atom is 0.255 e. The van der Waals surface area contributed by atoms with Gasteiger partial charge in [-0.2, -0.15) is 0 Å². The highest BCUT2D eigenvalue weighted by Crippen LogP contribution is 2.24. The monoisotopic (exact) mass is 395 g/mol. The number of hydrogen-bond acceptors (Lipinski definition) is 3. The summed E-state index contributed by atoms with van der Waals surface area (Å²) >= 11 is 2.21. The summed E-state index contributed by atoms with van der Waals surface area (Å²) in [5.74, 6) is -0.118. The van der Waals surface area contributed by atoms with Gasteiger partial charge in [0.05, 0.1) is 13.2 Å². The van der Waals surface area contributed by atoms with Crippen molar-refractivity contribution in [1.29, 1.82) is 0 Å². The van der Waals surface area contributed by atoms with Crippen molar-refractivity contribution < 1.29 is 14.3 Å². The third-order valence-electron chi connectivity index (χ3n) is 3.17. The van der Waals surface area contributed by atoms with E-state index in [9.17, 15) is 4.79 Å². The number of amides is 1. The Hall–Kier alpha value is -1.44. The number of anilines is 1. The van der Waals surface area contributed by atoms with E-state index in [1.54, 1.807) is 0 Å². The molecule has 3 rings (SSSR count). The van der Waals surface area contributed by atoms with E-state index in [0.717, 1.165) is 14.8 Å². The largest absolute Gasteiger partial charge is 0.346 e. The van der Waals surface area contributed by atoms with Crippen molar-refractivity contribution in [3.63, 3.8) is 0 Å². The van der Waals surface area contributed by atoms with Crippen LogP contribution in [0.4, 0.5) is 5.69 Å². The van der Waals surface area contributed by atoms with Crippen LogP contribution in [-0.4, -0.2) is 19.1 Å². The average molecular weight is 395 g/mol. The number of carbonyl (C=O) groups excluding carboxylic acids is 1. The first-order chi connectivity index (χ1) is 10.2. The molecular formula is C16H14INO3. The molecule has 4 nitrogen and oxygen atoms in total. The molecule has 0 aliphatic carbocycles. The molecule has 1 aliphatic rings. The number of ether oxygens (including phenoxy) is 2. The molecule has 2 aromatic carbocycles. The molecule has 0 aromatic heterocycles. The summed E-state index contributed by atoms with van der Waals surface area (Å²) in [5.41, 5.74) is 2.35. The number of hydrogen-bond donors (Lipinski definition) is 1. The molecule has 108 valence electrons. The molecule has 1 fully saturated rings. The summed E-state index contributed by atoms with van der Waals surface area (Å²) in [6.45, 7) is 1.24. The van der Waals surface area contributed by atoms with Gasteiger partial charge in [0.15, 0.2) is 6.29 Å². The molecule has 0 bridgehead atoms. The van der Waals surface area contributed by atoms with Gasteiger partial charge in [-0.1, -0.05) is 12.1 Å². The van der Waals surface area contributed by atoms with Gasteiger partial charge in [-0.05, 0) is 59.0 Å². The number of rotatable bonds is 3. The third-order valence-corrected chi connectivity index (χ3v) is 3.89. The van der Waals surface area contributed by atoms with Crippen LogP contribution in [0.15, 0.2) is 48.5 Å². The normalized spacial score (nSPS) is 15.1. The van der Waals surface area contributed by atoms with Crippen molar-refractivity contribution in [2.75, 3.05) is 18.5 Å². The van der Waals surface area contributed by atoms with Crippen LogP contribution in [-0.2, 0) is 9.47 Å². The Kier molecular flexibility index (Phi) is 4.52. The summed E-state index contributed by atoms with van der Waals surface area (Å²) < 4.78 is 12.0. The van der Waals surface area contributed by atoms with Crippen LogP contribution in [0.25, 0.3) is 0 Å². The quantitative estimate of drug-likeness (QED) is 0.809. The highest BCUT2D eigenvalue weighted by atomic mass is 127. The smallest absolute Gasteiger partial charge is 0.255 e. The first-order valence-corrected chi connectivity index (χ1v) is 7.70. The predicted molar refractivity (Wildman–Crippen MR) is 88.2 cm³/mol. The molecule has 1 heterocycles. The predicted octanol–water partition coefficient (Wildman–Crippen LogP) is 3.59. The van der Waals surface area contributed by atoms with Crippen LogP contribution in [0.2, 0.25) is 0 Å². The van der Waals surface area contributed by atoms with Crippen molar-refractivity contribution in [3.05, 3.63) is 63.2 Å². The van der Waals surface area contributed by atoms with Gasteiger partial charge >= 0.3 is 0 Å². The minimum absolute atomic E-state index is 0.118. The second kappa shape index (κ2) is 6.55. The van der Waals surface area contributed by atoms with E-state index < -0.39 is 0 Å². The van der Waals surface area contributed by atoms with E-state index in [1.807, 2.05) is 48.5 Å². The van der Waals surface area contributed by atoms with E-state index in [0.29, 0.717) is 18.8 Å². The molecular weight excluding hydrogens is 381 g/mol. The van der Waals surface area contributed by atoms with Crippen LogP contribution >= 0.6 is 22.6 Å². The highest BCUT2D eigenvalue weighted by Gasteiger charge is 2.17. The SMILES string of the molecule is O=C(Nc1ccc(C2OCCO2)cc1)c1ccc(I)cc1. The molecule has 1 aliphatic heterocycles. The van der Waals surface area contributed by atoms with Crippen LogP contribution in [0.3, 0.4) is 0 Å². The maximum atomic E-state index is 12.1. The zero-order valence-corrected chi connectivity index (χ0v) is 13.4. The second-order valence-corrected chi connectivity index (χ2v) is 5.90. The van der Waals surface area contributed by atoms with Gasteiger partial charge in [-0.3, -0.25) is 4.79 Å². The lowest BCUT2D eigenvalue weighted by atomic mass is 10.2. The fraction of sp³-hybridized carbons (Fsp3) is 0.188. The van der Waals surface area contributed by atoms with Gasteiger partial charge in [0, 0.05) is 20.4 Å². The van der Waals surface area contributed by atoms with Crippen LogP contribution in [0.5, 0.6) is 0 Å². The number of benzene rings is 2. The van der Waals surface area contributed by atoms with Crippen molar-refractivity contribution in [2.45, 2.75) is 6.29 Å². The second-order valence-electron chi connectivity index (χ2n) is 4.66. The molecule has 0 radical (unpaired) electrons. The molecule has 5 heteroatoms. The van der Waals surface area contributed by atoms with Crippen molar-refractivity contribution in [2.24, 2.45) is 0 Å². The van der Waals surface area contributed by atoms with E-state index >= 15 is 0 Å². The van der Waals surface area contributed by atoms with Gasteiger partial charge in [0.25, 0.3) is 5.91 Å². The highest BCUT2D eigenvalue weighted by molar-refractivity contribution is 14.1. The van der Waals surface area contributed by atoms with Crippen LogP contribution < -0.4 is 5.32 Å². The third kappa shape index (κ3) is 3.61. The van der Waals surface area contributed by atoms with Crippen LogP contribution in [0.1, 0.15) is 22.2 Å². The van der Waals surface area contributed by atoms with E-state index in [4.69, 9.17) is 9.47 Å². The van der Waals surface area contributed by atoms with Gasteiger partial charge in [-0.25, -0.2) is 0 Å². The Labute approximate surface area is 136 Å². The van der Waals surface area contributed by atoms with Gasteiger partial charge in [0.1, 0.15) is 0 Å². The Morgan fingerprint density at radius 2 is 1.62 bits per heavy atom. The minimum atomic E-state index is -0.286.